The highest BCUT2D eigenvalue weighted by molar-refractivity contribution is 5.79. The zero-order valence-electron chi connectivity index (χ0n) is 15.2. The summed E-state index contributed by atoms with van der Waals surface area (Å²) in [6.07, 6.45) is 2.73. The third kappa shape index (κ3) is 4.65. The lowest BCUT2D eigenvalue weighted by Crippen LogP contribution is -2.30. The van der Waals surface area contributed by atoms with Gasteiger partial charge in [0.1, 0.15) is 0 Å². The number of hydrogen-bond donors (Lipinski definition) is 1. The monoisotopic (exact) mass is 349 g/mol. The first kappa shape index (κ1) is 19.1. The number of aryl methyl sites for hydroxylation is 1. The molecule has 1 amide bonds. The largest absolute Gasteiger partial charge is 0.493 e. The Hall–Kier alpha value is -2.24. The van der Waals surface area contributed by atoms with Crippen molar-refractivity contribution >= 4 is 11.9 Å². The predicted octanol–water partition coefficient (Wildman–Crippen LogP) is 2.60. The van der Waals surface area contributed by atoms with E-state index in [4.69, 9.17) is 9.47 Å². The van der Waals surface area contributed by atoms with Crippen LogP contribution in [0.15, 0.2) is 18.2 Å². The van der Waals surface area contributed by atoms with E-state index in [9.17, 15) is 14.7 Å². The van der Waals surface area contributed by atoms with E-state index in [1.165, 1.54) is 0 Å². The van der Waals surface area contributed by atoms with Crippen LogP contribution >= 0.6 is 0 Å². The number of carbonyl (C=O) groups is 2. The lowest BCUT2D eigenvalue weighted by atomic mass is 9.92. The van der Waals surface area contributed by atoms with Crippen LogP contribution in [0.2, 0.25) is 0 Å². The fourth-order valence-electron chi connectivity index (χ4n) is 3.46. The van der Waals surface area contributed by atoms with Crippen molar-refractivity contribution in [1.29, 1.82) is 0 Å². The van der Waals surface area contributed by atoms with Crippen molar-refractivity contribution in [2.45, 2.75) is 32.6 Å². The molecule has 2 atom stereocenters. The van der Waals surface area contributed by atoms with Gasteiger partial charge < -0.3 is 19.5 Å². The van der Waals surface area contributed by atoms with Crippen molar-refractivity contribution in [1.82, 2.24) is 4.90 Å². The number of methoxy groups -OCH3 is 2. The van der Waals surface area contributed by atoms with Crippen molar-refractivity contribution in [3.8, 4) is 11.5 Å². The van der Waals surface area contributed by atoms with Crippen molar-refractivity contribution < 1.29 is 24.2 Å². The van der Waals surface area contributed by atoms with E-state index in [0.717, 1.165) is 18.4 Å². The van der Waals surface area contributed by atoms with Crippen molar-refractivity contribution in [3.05, 3.63) is 23.8 Å². The fourth-order valence-corrected chi connectivity index (χ4v) is 3.46. The molecule has 0 aliphatic carbocycles. The average Bonchev–Trinajstić information content (AvgIpc) is 3.04. The van der Waals surface area contributed by atoms with E-state index >= 15 is 0 Å². The van der Waals surface area contributed by atoms with Crippen LogP contribution in [-0.4, -0.2) is 49.2 Å². The lowest BCUT2D eigenvalue weighted by Gasteiger charge is -2.16. The normalized spacial score (nSPS) is 19.7. The minimum absolute atomic E-state index is 0.0136. The highest BCUT2D eigenvalue weighted by atomic mass is 16.5. The minimum Gasteiger partial charge on any atom is -0.493 e. The summed E-state index contributed by atoms with van der Waals surface area (Å²) in [5.74, 6) is 0.136. The van der Waals surface area contributed by atoms with E-state index in [0.29, 0.717) is 37.4 Å². The first-order chi connectivity index (χ1) is 12.0. The summed E-state index contributed by atoms with van der Waals surface area (Å²) < 4.78 is 10.5. The molecule has 1 heterocycles. The van der Waals surface area contributed by atoms with Gasteiger partial charge in [0.25, 0.3) is 0 Å². The molecule has 2 rings (SSSR count). The Morgan fingerprint density at radius 2 is 1.92 bits per heavy atom. The van der Waals surface area contributed by atoms with Gasteiger partial charge in [0.2, 0.25) is 5.91 Å². The van der Waals surface area contributed by atoms with Crippen LogP contribution in [0.5, 0.6) is 11.5 Å². The Morgan fingerprint density at radius 1 is 1.20 bits per heavy atom. The number of aliphatic carboxylic acids is 1. The summed E-state index contributed by atoms with van der Waals surface area (Å²) in [6.45, 7) is 2.92. The van der Waals surface area contributed by atoms with Gasteiger partial charge in [-0.05, 0) is 36.5 Å². The number of hydrogen-bond acceptors (Lipinski definition) is 4. The predicted molar refractivity (Wildman–Crippen MR) is 94.0 cm³/mol. The van der Waals surface area contributed by atoms with Gasteiger partial charge in [0.15, 0.2) is 11.5 Å². The van der Waals surface area contributed by atoms with Gasteiger partial charge in [0.05, 0.1) is 20.1 Å². The summed E-state index contributed by atoms with van der Waals surface area (Å²) in [5.41, 5.74) is 0.991. The molecular formula is C19H27NO5. The molecule has 0 bridgehead atoms. The topological polar surface area (TPSA) is 76.1 Å². The number of carbonyl (C=O) groups excluding carboxylic acids is 1. The second kappa shape index (κ2) is 8.74. The number of carboxylic acid groups (broad SMARTS) is 1. The molecule has 25 heavy (non-hydrogen) atoms. The second-order valence-corrected chi connectivity index (χ2v) is 6.48. The standard InChI is InChI=1S/C19H27NO5/c1-4-5-14-11-20(12-15(14)19(22)23)18(21)9-7-13-6-8-16(24-2)17(10-13)25-3/h6,8,10,14-15H,4-5,7,9,11-12H2,1-3H3,(H,22,23)/t14-,15-/m1/s1. The minimum atomic E-state index is -0.798. The van der Waals surface area contributed by atoms with Crippen LogP contribution in [0.1, 0.15) is 31.7 Å². The maximum Gasteiger partial charge on any atom is 0.308 e. The number of nitrogens with zero attached hydrogens (tertiary/aromatic N) is 1. The molecule has 1 aliphatic rings. The lowest BCUT2D eigenvalue weighted by molar-refractivity contribution is -0.142. The smallest absolute Gasteiger partial charge is 0.308 e. The van der Waals surface area contributed by atoms with Gasteiger partial charge in [-0.3, -0.25) is 9.59 Å². The van der Waals surface area contributed by atoms with Gasteiger partial charge in [-0.15, -0.1) is 0 Å². The average molecular weight is 349 g/mol. The van der Waals surface area contributed by atoms with Crippen molar-refractivity contribution in [2.75, 3.05) is 27.3 Å². The number of rotatable bonds is 8. The maximum absolute atomic E-state index is 12.5. The first-order valence-corrected chi connectivity index (χ1v) is 8.71. The first-order valence-electron chi connectivity index (χ1n) is 8.71. The third-order valence-corrected chi connectivity index (χ3v) is 4.85. The molecule has 0 radical (unpaired) electrons. The molecule has 0 aromatic heterocycles. The number of amides is 1. The molecule has 6 heteroatoms. The van der Waals surface area contributed by atoms with Gasteiger partial charge >= 0.3 is 5.97 Å². The molecule has 0 spiro atoms. The molecule has 1 aromatic carbocycles. The van der Waals surface area contributed by atoms with Crippen LogP contribution in [0.25, 0.3) is 0 Å². The Labute approximate surface area is 148 Å². The molecule has 0 unspecified atom stereocenters. The second-order valence-electron chi connectivity index (χ2n) is 6.48. The Balaban J connectivity index is 1.95. The quantitative estimate of drug-likeness (QED) is 0.781. The van der Waals surface area contributed by atoms with E-state index in [1.807, 2.05) is 25.1 Å². The molecule has 138 valence electrons. The fraction of sp³-hybridized carbons (Fsp3) is 0.579. The van der Waals surface area contributed by atoms with Crippen molar-refractivity contribution in [2.24, 2.45) is 11.8 Å². The van der Waals surface area contributed by atoms with Crippen molar-refractivity contribution in [3.63, 3.8) is 0 Å². The molecule has 6 nitrogen and oxygen atoms in total. The number of carboxylic acids is 1. The van der Waals surface area contributed by atoms with Crippen LogP contribution in [0, 0.1) is 11.8 Å². The molecule has 1 aromatic rings. The Kier molecular flexibility index (Phi) is 6.67. The highest BCUT2D eigenvalue weighted by Crippen LogP contribution is 2.30. The number of ether oxygens (including phenoxy) is 2. The molecule has 1 saturated heterocycles. The summed E-state index contributed by atoms with van der Waals surface area (Å²) in [7, 11) is 3.16. The third-order valence-electron chi connectivity index (χ3n) is 4.85. The van der Waals surface area contributed by atoms with Gasteiger partial charge in [-0.25, -0.2) is 0 Å². The molecular weight excluding hydrogens is 322 g/mol. The summed E-state index contributed by atoms with van der Waals surface area (Å²) in [5, 5.41) is 9.36. The van der Waals surface area contributed by atoms with E-state index < -0.39 is 11.9 Å². The van der Waals surface area contributed by atoms with Crippen LogP contribution in [-0.2, 0) is 16.0 Å². The summed E-state index contributed by atoms with van der Waals surface area (Å²) in [6, 6.07) is 5.61. The van der Waals surface area contributed by atoms with E-state index in [-0.39, 0.29) is 11.8 Å². The van der Waals surface area contributed by atoms with Gasteiger partial charge in [0, 0.05) is 19.5 Å². The van der Waals surface area contributed by atoms with E-state index in [2.05, 4.69) is 0 Å². The van der Waals surface area contributed by atoms with Gasteiger partial charge in [-0.2, -0.15) is 0 Å². The maximum atomic E-state index is 12.5. The zero-order chi connectivity index (χ0) is 18.4. The van der Waals surface area contributed by atoms with Gasteiger partial charge in [-0.1, -0.05) is 19.4 Å². The molecule has 0 saturated carbocycles. The molecule has 1 fully saturated rings. The van der Waals surface area contributed by atoms with E-state index in [1.54, 1.807) is 19.1 Å². The Bertz CT molecular complexity index is 616. The summed E-state index contributed by atoms with van der Waals surface area (Å²) in [4.78, 5) is 25.6. The van der Waals surface area contributed by atoms with Crippen LogP contribution in [0.3, 0.4) is 0 Å². The number of likely N-dealkylation sites (tertiary alicyclic amines) is 1. The SMILES string of the molecule is CCC[C@@H]1CN(C(=O)CCc2ccc(OC)c(OC)c2)C[C@H]1C(=O)O. The highest BCUT2D eigenvalue weighted by Gasteiger charge is 2.38. The molecule has 1 aliphatic heterocycles. The van der Waals surface area contributed by atoms with Crippen LogP contribution < -0.4 is 9.47 Å². The number of benzene rings is 1. The van der Waals surface area contributed by atoms with Crippen LogP contribution in [0.4, 0.5) is 0 Å². The zero-order valence-corrected chi connectivity index (χ0v) is 15.2. The molecule has 1 N–H and O–H groups in total. The Morgan fingerprint density at radius 3 is 2.52 bits per heavy atom. The summed E-state index contributed by atoms with van der Waals surface area (Å²) >= 11 is 0.